The molecule has 0 aliphatic carbocycles. The second kappa shape index (κ2) is 10.4. The molecule has 1 saturated heterocycles. The number of carbonyl (C=O) groups is 1. The summed E-state index contributed by atoms with van der Waals surface area (Å²) in [4.78, 5) is 24.5. The zero-order valence-corrected chi connectivity index (χ0v) is 18.3. The van der Waals surface area contributed by atoms with Gasteiger partial charge in [0.25, 0.3) is 0 Å². The van der Waals surface area contributed by atoms with Crippen LogP contribution in [0.3, 0.4) is 0 Å². The zero-order chi connectivity index (χ0) is 21.5. The third kappa shape index (κ3) is 5.27. The van der Waals surface area contributed by atoms with E-state index in [4.69, 9.17) is 14.7 Å². The number of carbonyl (C=O) groups excluding carboxylic acids is 1. The lowest BCUT2D eigenvalue weighted by Crippen LogP contribution is -2.40. The van der Waals surface area contributed by atoms with Gasteiger partial charge in [-0.05, 0) is 36.8 Å². The number of hydrogen-bond donors (Lipinski definition) is 0. The average Bonchev–Trinajstić information content (AvgIpc) is 2.73. The summed E-state index contributed by atoms with van der Waals surface area (Å²) in [6.07, 6.45) is 5.23. The number of benzene rings is 1. The Hall–Kier alpha value is -2.68. The van der Waals surface area contributed by atoms with Gasteiger partial charge in [0.1, 0.15) is 5.69 Å². The van der Waals surface area contributed by atoms with Gasteiger partial charge in [-0.1, -0.05) is 52.2 Å². The van der Waals surface area contributed by atoms with E-state index in [0.29, 0.717) is 35.5 Å². The lowest BCUT2D eigenvalue weighted by molar-refractivity contribution is -0.144. The summed E-state index contributed by atoms with van der Waals surface area (Å²) < 4.78 is 5.44. The molecule has 0 saturated carbocycles. The predicted molar refractivity (Wildman–Crippen MR) is 118 cm³/mol. The van der Waals surface area contributed by atoms with Crippen molar-refractivity contribution in [2.45, 2.75) is 58.8 Å². The van der Waals surface area contributed by atoms with E-state index in [9.17, 15) is 10.1 Å². The van der Waals surface area contributed by atoms with E-state index in [1.807, 2.05) is 24.3 Å². The molecule has 1 aliphatic rings. The summed E-state index contributed by atoms with van der Waals surface area (Å²) in [5.41, 5.74) is 1.87. The minimum absolute atomic E-state index is 0.338. The van der Waals surface area contributed by atoms with Crippen LogP contribution in [0.15, 0.2) is 24.3 Å². The lowest BCUT2D eigenvalue weighted by atomic mass is 9.91. The number of anilines is 1. The van der Waals surface area contributed by atoms with E-state index in [1.54, 1.807) is 0 Å². The largest absolute Gasteiger partial charge is 0.464 e. The van der Waals surface area contributed by atoms with E-state index >= 15 is 0 Å². The first-order valence-electron chi connectivity index (χ1n) is 11.1. The Balaban J connectivity index is 1.91. The molecule has 30 heavy (non-hydrogen) atoms. The number of unbranched alkanes of at least 4 members (excludes halogenated alkanes) is 3. The van der Waals surface area contributed by atoms with Crippen LogP contribution in [0.2, 0.25) is 0 Å². The van der Waals surface area contributed by atoms with Crippen molar-refractivity contribution in [2.75, 3.05) is 24.6 Å². The first-order chi connectivity index (χ1) is 14.5. The molecule has 1 aromatic carbocycles. The normalized spacial score (nSPS) is 20.0. The highest BCUT2D eigenvalue weighted by Crippen LogP contribution is 2.32. The van der Waals surface area contributed by atoms with Gasteiger partial charge >= 0.3 is 5.97 Å². The first-order valence-corrected chi connectivity index (χ1v) is 11.1. The van der Waals surface area contributed by atoms with Gasteiger partial charge in [0.2, 0.25) is 0 Å². The van der Waals surface area contributed by atoms with Crippen LogP contribution >= 0.6 is 0 Å². The zero-order valence-electron chi connectivity index (χ0n) is 18.3. The van der Waals surface area contributed by atoms with Crippen LogP contribution in [0.25, 0.3) is 11.0 Å². The van der Waals surface area contributed by atoms with Crippen molar-refractivity contribution in [3.63, 3.8) is 0 Å². The van der Waals surface area contributed by atoms with Crippen LogP contribution in [-0.4, -0.2) is 35.6 Å². The standard InChI is InChI=1S/C24H32N4O2/c1-4-5-6-9-12-30-24(29)19(14-25)22-23(28-15-17(2)13-18(3)16-28)27-21-11-8-7-10-20(21)26-22/h7-8,10-11,17-19H,4-6,9,12-13,15-16H2,1-3H3/t17-,18-,19+/m0/s1. The van der Waals surface area contributed by atoms with Crippen LogP contribution in [-0.2, 0) is 9.53 Å². The molecule has 160 valence electrons. The van der Waals surface area contributed by atoms with Gasteiger partial charge in [-0.25, -0.2) is 9.97 Å². The van der Waals surface area contributed by atoms with Crippen LogP contribution in [0.4, 0.5) is 5.82 Å². The molecule has 3 rings (SSSR count). The van der Waals surface area contributed by atoms with Crippen molar-refractivity contribution in [3.8, 4) is 6.07 Å². The average molecular weight is 409 g/mol. The Morgan fingerprint density at radius 2 is 1.83 bits per heavy atom. The van der Waals surface area contributed by atoms with Crippen molar-refractivity contribution in [1.82, 2.24) is 9.97 Å². The first kappa shape index (κ1) is 22.0. The predicted octanol–water partition coefficient (Wildman–Crippen LogP) is 4.84. The number of fused-ring (bicyclic) bond motifs is 1. The fraction of sp³-hybridized carbons (Fsp3) is 0.583. The number of nitrogens with zero attached hydrogens (tertiary/aromatic N) is 4. The monoisotopic (exact) mass is 408 g/mol. The van der Waals surface area contributed by atoms with Gasteiger partial charge in [-0.2, -0.15) is 5.26 Å². The number of ether oxygens (including phenoxy) is 1. The quantitative estimate of drug-likeness (QED) is 0.459. The van der Waals surface area contributed by atoms with Gasteiger partial charge in [0.05, 0.1) is 23.7 Å². The maximum atomic E-state index is 12.8. The number of nitriles is 1. The van der Waals surface area contributed by atoms with Gasteiger partial charge in [-0.3, -0.25) is 4.79 Å². The highest BCUT2D eigenvalue weighted by Gasteiger charge is 2.32. The van der Waals surface area contributed by atoms with Crippen LogP contribution < -0.4 is 4.90 Å². The summed E-state index contributed by atoms with van der Waals surface area (Å²) >= 11 is 0. The van der Waals surface area contributed by atoms with E-state index in [2.05, 4.69) is 31.7 Å². The van der Waals surface area contributed by atoms with Crippen molar-refractivity contribution < 1.29 is 9.53 Å². The molecule has 0 N–H and O–H groups in total. The number of aromatic nitrogens is 2. The van der Waals surface area contributed by atoms with Crippen molar-refractivity contribution >= 4 is 22.8 Å². The molecule has 0 bridgehead atoms. The summed E-state index contributed by atoms with van der Waals surface area (Å²) in [7, 11) is 0. The molecule has 0 spiro atoms. The minimum atomic E-state index is -1.07. The van der Waals surface area contributed by atoms with Gasteiger partial charge in [-0.15, -0.1) is 0 Å². The van der Waals surface area contributed by atoms with Gasteiger partial charge < -0.3 is 9.64 Å². The number of rotatable bonds is 8. The maximum Gasteiger partial charge on any atom is 0.329 e. The second-order valence-corrected chi connectivity index (χ2v) is 8.56. The Kier molecular flexibility index (Phi) is 7.62. The molecule has 1 fully saturated rings. The SMILES string of the molecule is CCCCCCOC(=O)[C@H](C#N)c1nc2ccccc2nc1N1C[C@@H](C)C[C@H](C)C1. The molecule has 6 nitrogen and oxygen atoms in total. The van der Waals surface area contributed by atoms with E-state index in [1.165, 1.54) is 0 Å². The molecule has 1 aliphatic heterocycles. The molecular formula is C24H32N4O2. The Morgan fingerprint density at radius 3 is 2.47 bits per heavy atom. The summed E-state index contributed by atoms with van der Waals surface area (Å²) in [5, 5.41) is 9.85. The van der Waals surface area contributed by atoms with Crippen molar-refractivity contribution in [3.05, 3.63) is 30.0 Å². The fourth-order valence-electron chi connectivity index (χ4n) is 4.28. The molecule has 3 atom stereocenters. The number of piperidine rings is 1. The highest BCUT2D eigenvalue weighted by molar-refractivity contribution is 5.85. The Morgan fingerprint density at radius 1 is 1.17 bits per heavy atom. The summed E-state index contributed by atoms with van der Waals surface area (Å²) in [6, 6.07) is 9.73. The van der Waals surface area contributed by atoms with Crippen LogP contribution in [0, 0.1) is 23.2 Å². The molecule has 2 aromatic rings. The van der Waals surface area contributed by atoms with Crippen LogP contribution in [0.1, 0.15) is 64.5 Å². The number of para-hydroxylation sites is 2. The summed E-state index contributed by atoms with van der Waals surface area (Å²) in [6.45, 7) is 8.61. The van der Waals surface area contributed by atoms with E-state index in [0.717, 1.165) is 50.7 Å². The van der Waals surface area contributed by atoms with Gasteiger partial charge in [0, 0.05) is 13.1 Å². The lowest BCUT2D eigenvalue weighted by Gasteiger charge is -2.36. The van der Waals surface area contributed by atoms with Crippen molar-refractivity contribution in [2.24, 2.45) is 11.8 Å². The molecule has 0 unspecified atom stereocenters. The molecule has 2 heterocycles. The molecule has 6 heteroatoms. The van der Waals surface area contributed by atoms with E-state index in [-0.39, 0.29) is 0 Å². The third-order valence-corrected chi connectivity index (χ3v) is 5.63. The Bertz CT molecular complexity index is 898. The molecule has 1 aromatic heterocycles. The molecule has 0 amide bonds. The third-order valence-electron chi connectivity index (χ3n) is 5.63. The van der Waals surface area contributed by atoms with Crippen molar-refractivity contribution in [1.29, 1.82) is 5.26 Å². The van der Waals surface area contributed by atoms with Gasteiger partial charge in [0.15, 0.2) is 11.7 Å². The Labute approximate surface area is 179 Å². The van der Waals surface area contributed by atoms with Crippen LogP contribution in [0.5, 0.6) is 0 Å². The molecule has 0 radical (unpaired) electrons. The minimum Gasteiger partial charge on any atom is -0.464 e. The maximum absolute atomic E-state index is 12.8. The summed E-state index contributed by atoms with van der Waals surface area (Å²) in [5.74, 6) is 0.0668. The second-order valence-electron chi connectivity index (χ2n) is 8.56. The smallest absolute Gasteiger partial charge is 0.329 e. The topological polar surface area (TPSA) is 79.1 Å². The fourth-order valence-corrected chi connectivity index (χ4v) is 4.28. The number of esters is 1. The van der Waals surface area contributed by atoms with E-state index < -0.39 is 11.9 Å². The molecular weight excluding hydrogens is 376 g/mol. The number of hydrogen-bond acceptors (Lipinski definition) is 6. The highest BCUT2D eigenvalue weighted by atomic mass is 16.5.